The summed E-state index contributed by atoms with van der Waals surface area (Å²) < 4.78 is 5.61. The zero-order valence-electron chi connectivity index (χ0n) is 16.0. The van der Waals surface area contributed by atoms with Crippen LogP contribution in [-0.2, 0) is 9.59 Å². The van der Waals surface area contributed by atoms with Gasteiger partial charge in [0.15, 0.2) is 0 Å². The smallest absolute Gasteiger partial charge is 0.305 e. The number of nitrogens with one attached hydrogen (secondary N) is 1. The summed E-state index contributed by atoms with van der Waals surface area (Å²) in [5.74, 6) is -0.357. The number of carbonyl (C=O) groups excluding carboxylic acids is 1. The molecule has 0 aromatic heterocycles. The minimum Gasteiger partial charge on any atom is -0.491 e. The van der Waals surface area contributed by atoms with Crippen molar-refractivity contribution < 1.29 is 19.4 Å². The van der Waals surface area contributed by atoms with Gasteiger partial charge in [-0.2, -0.15) is 0 Å². The summed E-state index contributed by atoms with van der Waals surface area (Å²) in [6.45, 7) is 5.86. The predicted molar refractivity (Wildman–Crippen MR) is 105 cm³/mol. The molecule has 0 aliphatic rings. The van der Waals surface area contributed by atoms with Gasteiger partial charge in [-0.3, -0.25) is 9.59 Å². The number of carboxylic acid groups (broad SMARTS) is 1. The number of hydrogen-bond donors (Lipinski definition) is 2. The van der Waals surface area contributed by atoms with Gasteiger partial charge in [-0.25, -0.2) is 0 Å². The second-order valence-electron chi connectivity index (χ2n) is 6.97. The summed E-state index contributed by atoms with van der Waals surface area (Å²) in [4.78, 5) is 23.7. The van der Waals surface area contributed by atoms with Crippen LogP contribution in [0.4, 0.5) is 0 Å². The average molecular weight is 369 g/mol. The number of benzene rings is 2. The van der Waals surface area contributed by atoms with Crippen LogP contribution < -0.4 is 10.1 Å². The molecular formula is C22H27NO4. The summed E-state index contributed by atoms with van der Waals surface area (Å²) in [5, 5.41) is 12.1. The molecule has 0 spiro atoms. The number of hydrogen-bond acceptors (Lipinski definition) is 3. The van der Waals surface area contributed by atoms with Crippen molar-refractivity contribution in [1.82, 2.24) is 5.32 Å². The summed E-state index contributed by atoms with van der Waals surface area (Å²) in [7, 11) is 0. The highest BCUT2D eigenvalue weighted by molar-refractivity contribution is 5.78. The molecule has 0 aliphatic heterocycles. The molecule has 144 valence electrons. The molecule has 0 heterocycles. The van der Waals surface area contributed by atoms with Crippen LogP contribution in [-0.4, -0.2) is 23.1 Å². The number of aliphatic carboxylic acids is 1. The molecule has 0 radical (unpaired) electrons. The molecule has 1 amide bonds. The van der Waals surface area contributed by atoms with Gasteiger partial charge in [-0.1, -0.05) is 49.4 Å². The second kappa shape index (κ2) is 9.76. The van der Waals surface area contributed by atoms with E-state index in [1.165, 1.54) is 0 Å². The first-order valence-electron chi connectivity index (χ1n) is 9.18. The van der Waals surface area contributed by atoms with Crippen LogP contribution >= 0.6 is 0 Å². The van der Waals surface area contributed by atoms with Crippen molar-refractivity contribution in [3.8, 4) is 5.75 Å². The molecule has 5 heteroatoms. The van der Waals surface area contributed by atoms with E-state index in [1.54, 1.807) is 24.3 Å². The standard InChI is InChI=1S/C22H27NO4/c1-15(2)27-19-11-9-18(10-12-19)20(14-22(25)26)23-21(24)13-16(3)17-7-5-4-6-8-17/h4-12,15-16,20H,13-14H2,1-3H3,(H,23,24)(H,25,26)/t16-,20+/m0/s1. The summed E-state index contributed by atoms with van der Waals surface area (Å²) in [6, 6.07) is 16.4. The zero-order valence-corrected chi connectivity index (χ0v) is 16.0. The van der Waals surface area contributed by atoms with E-state index in [0.29, 0.717) is 12.2 Å². The van der Waals surface area contributed by atoms with Gasteiger partial charge < -0.3 is 15.2 Å². The van der Waals surface area contributed by atoms with E-state index in [-0.39, 0.29) is 24.3 Å². The molecule has 2 N–H and O–H groups in total. The van der Waals surface area contributed by atoms with Gasteiger partial charge >= 0.3 is 5.97 Å². The molecule has 0 bridgehead atoms. The third-order valence-corrected chi connectivity index (χ3v) is 4.23. The molecule has 2 rings (SSSR count). The third-order valence-electron chi connectivity index (χ3n) is 4.23. The predicted octanol–water partition coefficient (Wildman–Crippen LogP) is 4.30. The normalized spacial score (nSPS) is 13.0. The first-order valence-corrected chi connectivity index (χ1v) is 9.18. The Morgan fingerprint density at radius 1 is 0.926 bits per heavy atom. The van der Waals surface area contributed by atoms with E-state index in [0.717, 1.165) is 11.1 Å². The van der Waals surface area contributed by atoms with E-state index in [1.807, 2.05) is 51.1 Å². The fraction of sp³-hybridized carbons (Fsp3) is 0.364. The maximum absolute atomic E-state index is 12.5. The largest absolute Gasteiger partial charge is 0.491 e. The molecule has 2 aromatic rings. The Balaban J connectivity index is 2.05. The lowest BCUT2D eigenvalue weighted by atomic mass is 9.97. The van der Waals surface area contributed by atoms with Crippen LogP contribution in [0.15, 0.2) is 54.6 Å². The quantitative estimate of drug-likeness (QED) is 0.691. The van der Waals surface area contributed by atoms with E-state index < -0.39 is 12.0 Å². The highest BCUT2D eigenvalue weighted by atomic mass is 16.5. The van der Waals surface area contributed by atoms with E-state index in [2.05, 4.69) is 5.32 Å². The molecular weight excluding hydrogens is 342 g/mol. The van der Waals surface area contributed by atoms with Gasteiger partial charge in [0.1, 0.15) is 5.75 Å². The first-order chi connectivity index (χ1) is 12.8. The average Bonchev–Trinajstić information content (AvgIpc) is 2.61. The topological polar surface area (TPSA) is 75.6 Å². The van der Waals surface area contributed by atoms with Gasteiger partial charge in [0.25, 0.3) is 0 Å². The maximum atomic E-state index is 12.5. The van der Waals surface area contributed by atoms with E-state index in [9.17, 15) is 14.7 Å². The molecule has 2 aromatic carbocycles. The summed E-state index contributed by atoms with van der Waals surface area (Å²) >= 11 is 0. The molecule has 0 saturated carbocycles. The van der Waals surface area contributed by atoms with Gasteiger partial charge in [-0.15, -0.1) is 0 Å². The monoisotopic (exact) mass is 369 g/mol. The van der Waals surface area contributed by atoms with Gasteiger partial charge in [0.2, 0.25) is 5.91 Å². The number of carbonyl (C=O) groups is 2. The summed E-state index contributed by atoms with van der Waals surface area (Å²) in [5.41, 5.74) is 1.83. The van der Waals surface area contributed by atoms with Crippen molar-refractivity contribution in [1.29, 1.82) is 0 Å². The van der Waals surface area contributed by atoms with Crippen molar-refractivity contribution in [2.24, 2.45) is 0 Å². The Morgan fingerprint density at radius 2 is 1.56 bits per heavy atom. The third kappa shape index (κ3) is 6.77. The Morgan fingerprint density at radius 3 is 2.11 bits per heavy atom. The SMILES string of the molecule is CC(C)Oc1ccc([C@@H](CC(=O)O)NC(=O)C[C@H](C)c2ccccc2)cc1. The fourth-order valence-corrected chi connectivity index (χ4v) is 2.91. The summed E-state index contributed by atoms with van der Waals surface area (Å²) in [6.07, 6.45) is 0.190. The maximum Gasteiger partial charge on any atom is 0.305 e. The molecule has 0 saturated heterocycles. The minimum atomic E-state index is -0.959. The highest BCUT2D eigenvalue weighted by Gasteiger charge is 2.20. The molecule has 0 fully saturated rings. The highest BCUT2D eigenvalue weighted by Crippen LogP contribution is 2.23. The van der Waals surface area contributed by atoms with Gasteiger partial charge in [-0.05, 0) is 43.0 Å². The Hall–Kier alpha value is -2.82. The van der Waals surface area contributed by atoms with Gasteiger partial charge in [0.05, 0.1) is 18.6 Å². The van der Waals surface area contributed by atoms with Gasteiger partial charge in [0, 0.05) is 6.42 Å². The zero-order chi connectivity index (χ0) is 19.8. The van der Waals surface area contributed by atoms with Crippen LogP contribution in [0.25, 0.3) is 0 Å². The Labute approximate surface area is 160 Å². The fourth-order valence-electron chi connectivity index (χ4n) is 2.91. The molecule has 0 unspecified atom stereocenters. The van der Waals surface area contributed by atoms with Crippen LogP contribution in [0.5, 0.6) is 5.75 Å². The molecule has 5 nitrogen and oxygen atoms in total. The Bertz CT molecular complexity index is 741. The lowest BCUT2D eigenvalue weighted by Gasteiger charge is -2.20. The van der Waals surface area contributed by atoms with E-state index in [4.69, 9.17) is 4.74 Å². The number of carboxylic acids is 1. The molecule has 27 heavy (non-hydrogen) atoms. The van der Waals surface area contributed by atoms with Crippen molar-refractivity contribution in [3.05, 3.63) is 65.7 Å². The van der Waals surface area contributed by atoms with Crippen LogP contribution in [0.1, 0.15) is 56.7 Å². The van der Waals surface area contributed by atoms with E-state index >= 15 is 0 Å². The van der Waals surface area contributed by atoms with Crippen LogP contribution in [0.2, 0.25) is 0 Å². The lowest BCUT2D eigenvalue weighted by Crippen LogP contribution is -2.30. The van der Waals surface area contributed by atoms with Crippen molar-refractivity contribution in [2.45, 2.75) is 51.7 Å². The van der Waals surface area contributed by atoms with Crippen LogP contribution in [0.3, 0.4) is 0 Å². The number of ether oxygens (including phenoxy) is 1. The van der Waals surface area contributed by atoms with Crippen molar-refractivity contribution in [3.63, 3.8) is 0 Å². The second-order valence-corrected chi connectivity index (χ2v) is 6.97. The number of rotatable bonds is 9. The molecule has 0 aliphatic carbocycles. The molecule has 2 atom stereocenters. The number of amides is 1. The Kier molecular flexibility index (Phi) is 7.41. The minimum absolute atomic E-state index is 0.0542. The lowest BCUT2D eigenvalue weighted by molar-refractivity contribution is -0.137. The van der Waals surface area contributed by atoms with Crippen molar-refractivity contribution >= 4 is 11.9 Å². The van der Waals surface area contributed by atoms with Crippen molar-refractivity contribution in [2.75, 3.05) is 0 Å². The first kappa shape index (κ1) is 20.5. The van der Waals surface area contributed by atoms with Crippen LogP contribution in [0, 0.1) is 0 Å².